The smallest absolute Gasteiger partial charge is 0.257 e. The SMILES string of the molecule is COCCN1C[C@H](C(=O)N2CCC[C@H](c3[nH]ncc3C(=O)N3CCCC3)C2)CC1=O. The van der Waals surface area contributed by atoms with Crippen LogP contribution in [0.3, 0.4) is 0 Å². The molecule has 3 aliphatic heterocycles. The Morgan fingerprint density at radius 2 is 1.93 bits per heavy atom. The first-order chi connectivity index (χ1) is 14.6. The first-order valence-corrected chi connectivity index (χ1v) is 11.0. The molecule has 4 rings (SSSR count). The maximum absolute atomic E-state index is 13.1. The number of rotatable bonds is 6. The molecule has 3 saturated heterocycles. The monoisotopic (exact) mass is 417 g/mol. The highest BCUT2D eigenvalue weighted by atomic mass is 16.5. The molecule has 3 amide bonds. The molecule has 0 aliphatic carbocycles. The van der Waals surface area contributed by atoms with E-state index in [0.717, 1.165) is 44.5 Å². The summed E-state index contributed by atoms with van der Waals surface area (Å²) in [5.74, 6) is -0.130. The van der Waals surface area contributed by atoms with E-state index >= 15 is 0 Å². The molecule has 2 atom stereocenters. The zero-order valence-corrected chi connectivity index (χ0v) is 17.6. The topological polar surface area (TPSA) is 98.8 Å². The minimum absolute atomic E-state index is 0.0195. The van der Waals surface area contributed by atoms with Gasteiger partial charge in [0, 0.05) is 58.7 Å². The van der Waals surface area contributed by atoms with Crippen LogP contribution in [0.15, 0.2) is 6.20 Å². The van der Waals surface area contributed by atoms with E-state index in [1.54, 1.807) is 18.2 Å². The molecule has 0 saturated carbocycles. The van der Waals surface area contributed by atoms with Crippen molar-refractivity contribution in [1.82, 2.24) is 24.9 Å². The second-order valence-corrected chi connectivity index (χ2v) is 8.55. The van der Waals surface area contributed by atoms with E-state index in [0.29, 0.717) is 38.3 Å². The van der Waals surface area contributed by atoms with Crippen LogP contribution in [0.25, 0.3) is 0 Å². The quantitative estimate of drug-likeness (QED) is 0.740. The molecule has 0 radical (unpaired) electrons. The number of piperidine rings is 1. The summed E-state index contributed by atoms with van der Waals surface area (Å²) in [4.78, 5) is 43.7. The zero-order valence-electron chi connectivity index (χ0n) is 17.6. The molecular formula is C21H31N5O4. The summed E-state index contributed by atoms with van der Waals surface area (Å²) in [5, 5.41) is 7.18. The van der Waals surface area contributed by atoms with Crippen LogP contribution < -0.4 is 0 Å². The van der Waals surface area contributed by atoms with Gasteiger partial charge in [-0.25, -0.2) is 0 Å². The van der Waals surface area contributed by atoms with Crippen molar-refractivity contribution < 1.29 is 19.1 Å². The molecule has 4 heterocycles. The lowest BCUT2D eigenvalue weighted by Gasteiger charge is -2.34. The highest BCUT2D eigenvalue weighted by Gasteiger charge is 2.38. The molecule has 164 valence electrons. The van der Waals surface area contributed by atoms with Gasteiger partial charge in [-0.05, 0) is 25.7 Å². The summed E-state index contributed by atoms with van der Waals surface area (Å²) in [6.07, 6.45) is 5.78. The largest absolute Gasteiger partial charge is 0.383 e. The Morgan fingerprint density at radius 1 is 1.17 bits per heavy atom. The molecule has 1 aromatic rings. The maximum atomic E-state index is 13.1. The number of hydrogen-bond donors (Lipinski definition) is 1. The van der Waals surface area contributed by atoms with Gasteiger partial charge in [0.25, 0.3) is 5.91 Å². The maximum Gasteiger partial charge on any atom is 0.257 e. The van der Waals surface area contributed by atoms with E-state index in [1.165, 1.54) is 0 Å². The summed E-state index contributed by atoms with van der Waals surface area (Å²) < 4.78 is 5.06. The van der Waals surface area contributed by atoms with E-state index in [9.17, 15) is 14.4 Å². The van der Waals surface area contributed by atoms with E-state index in [-0.39, 0.29) is 36.0 Å². The Kier molecular flexibility index (Phi) is 6.36. The number of nitrogens with zero attached hydrogens (tertiary/aromatic N) is 4. The van der Waals surface area contributed by atoms with Gasteiger partial charge in [0.05, 0.1) is 30.0 Å². The first-order valence-electron chi connectivity index (χ1n) is 11.0. The van der Waals surface area contributed by atoms with Crippen LogP contribution in [0.5, 0.6) is 0 Å². The van der Waals surface area contributed by atoms with Crippen LogP contribution in [0.2, 0.25) is 0 Å². The third kappa shape index (κ3) is 4.21. The molecule has 30 heavy (non-hydrogen) atoms. The Morgan fingerprint density at radius 3 is 2.70 bits per heavy atom. The minimum Gasteiger partial charge on any atom is -0.383 e. The number of H-pyrrole nitrogens is 1. The summed E-state index contributed by atoms with van der Waals surface area (Å²) in [6, 6.07) is 0. The van der Waals surface area contributed by atoms with Crippen LogP contribution in [0.1, 0.15) is 54.1 Å². The summed E-state index contributed by atoms with van der Waals surface area (Å²) in [7, 11) is 1.61. The van der Waals surface area contributed by atoms with Crippen molar-refractivity contribution in [3.8, 4) is 0 Å². The molecule has 9 heteroatoms. The number of carbonyl (C=O) groups is 3. The van der Waals surface area contributed by atoms with Gasteiger partial charge < -0.3 is 19.4 Å². The van der Waals surface area contributed by atoms with Gasteiger partial charge in [-0.2, -0.15) is 5.10 Å². The highest BCUT2D eigenvalue weighted by Crippen LogP contribution is 2.31. The Bertz CT molecular complexity index is 788. The molecule has 1 aromatic heterocycles. The lowest BCUT2D eigenvalue weighted by molar-refractivity contribution is -0.137. The molecule has 3 fully saturated rings. The summed E-state index contributed by atoms with van der Waals surface area (Å²) in [6.45, 7) is 4.32. The van der Waals surface area contributed by atoms with E-state index in [2.05, 4.69) is 10.2 Å². The van der Waals surface area contributed by atoms with Crippen LogP contribution in [0, 0.1) is 5.92 Å². The number of likely N-dealkylation sites (tertiary alicyclic amines) is 3. The predicted molar refractivity (Wildman–Crippen MR) is 109 cm³/mol. The van der Waals surface area contributed by atoms with E-state index in [4.69, 9.17) is 4.74 Å². The van der Waals surface area contributed by atoms with Gasteiger partial charge >= 0.3 is 0 Å². The van der Waals surface area contributed by atoms with Gasteiger partial charge in [-0.1, -0.05) is 0 Å². The normalized spacial score (nSPS) is 24.7. The second-order valence-electron chi connectivity index (χ2n) is 8.55. The average molecular weight is 418 g/mol. The lowest BCUT2D eigenvalue weighted by atomic mass is 9.91. The molecule has 0 spiro atoms. The molecule has 0 unspecified atom stereocenters. The lowest BCUT2D eigenvalue weighted by Crippen LogP contribution is -2.43. The van der Waals surface area contributed by atoms with Crippen LogP contribution >= 0.6 is 0 Å². The molecule has 3 aliphatic rings. The Labute approximate surface area is 176 Å². The number of nitrogens with one attached hydrogen (secondary N) is 1. The third-order valence-corrected chi connectivity index (χ3v) is 6.56. The molecule has 0 bridgehead atoms. The fraction of sp³-hybridized carbons (Fsp3) is 0.714. The highest BCUT2D eigenvalue weighted by molar-refractivity contribution is 5.95. The van der Waals surface area contributed by atoms with Crippen LogP contribution in [0.4, 0.5) is 0 Å². The number of aromatic amines is 1. The predicted octanol–water partition coefficient (Wildman–Crippen LogP) is 0.847. The van der Waals surface area contributed by atoms with E-state index in [1.807, 2.05) is 9.80 Å². The number of hydrogen-bond acceptors (Lipinski definition) is 5. The number of amides is 3. The van der Waals surface area contributed by atoms with Crippen molar-refractivity contribution in [2.45, 2.75) is 38.0 Å². The fourth-order valence-electron chi connectivity index (χ4n) is 4.89. The van der Waals surface area contributed by atoms with Gasteiger partial charge in [-0.15, -0.1) is 0 Å². The van der Waals surface area contributed by atoms with Crippen molar-refractivity contribution in [2.24, 2.45) is 5.92 Å². The van der Waals surface area contributed by atoms with Crippen molar-refractivity contribution in [1.29, 1.82) is 0 Å². The van der Waals surface area contributed by atoms with E-state index < -0.39 is 0 Å². The van der Waals surface area contributed by atoms with Crippen molar-refractivity contribution in [2.75, 3.05) is 53.0 Å². The number of carbonyl (C=O) groups excluding carboxylic acids is 3. The number of ether oxygens (including phenoxy) is 1. The van der Waals surface area contributed by atoms with Gasteiger partial charge in [0.15, 0.2) is 0 Å². The standard InChI is InChI=1S/C21H31N5O4/c1-30-10-9-25-14-16(11-18(25)27)20(28)26-8-4-5-15(13-26)19-17(12-22-23-19)21(29)24-6-2-3-7-24/h12,15-16H,2-11,13-14H2,1H3,(H,22,23)/t15-,16+/m0/s1. The van der Waals surface area contributed by atoms with Gasteiger partial charge in [0.1, 0.15) is 0 Å². The Balaban J connectivity index is 1.41. The summed E-state index contributed by atoms with van der Waals surface area (Å²) in [5.41, 5.74) is 1.48. The van der Waals surface area contributed by atoms with Crippen molar-refractivity contribution >= 4 is 17.7 Å². The van der Waals surface area contributed by atoms with Crippen molar-refractivity contribution in [3.63, 3.8) is 0 Å². The molecule has 0 aromatic carbocycles. The average Bonchev–Trinajstić information content (AvgIpc) is 3.52. The fourth-order valence-corrected chi connectivity index (χ4v) is 4.89. The van der Waals surface area contributed by atoms with Crippen LogP contribution in [-0.2, 0) is 14.3 Å². The Hall–Kier alpha value is -2.42. The van der Waals surface area contributed by atoms with Gasteiger partial charge in [-0.3, -0.25) is 19.5 Å². The molecular weight excluding hydrogens is 386 g/mol. The summed E-state index contributed by atoms with van der Waals surface area (Å²) >= 11 is 0. The van der Waals surface area contributed by atoms with Crippen LogP contribution in [-0.4, -0.2) is 95.6 Å². The number of methoxy groups -OCH3 is 1. The zero-order chi connectivity index (χ0) is 21.1. The second kappa shape index (κ2) is 9.16. The molecule has 9 nitrogen and oxygen atoms in total. The van der Waals surface area contributed by atoms with Gasteiger partial charge in [0.2, 0.25) is 11.8 Å². The molecule has 1 N–H and O–H groups in total. The minimum atomic E-state index is -0.291. The number of aromatic nitrogens is 2. The third-order valence-electron chi connectivity index (χ3n) is 6.56. The van der Waals surface area contributed by atoms with Crippen molar-refractivity contribution in [3.05, 3.63) is 17.5 Å². The first kappa shape index (κ1) is 20.8.